The number of hydrogen-bond acceptors (Lipinski definition) is 4. The molecule has 4 nitrogen and oxygen atoms in total. The third-order valence-electron chi connectivity index (χ3n) is 5.57. The maximum Gasteiger partial charge on any atom is 0.387 e. The van der Waals surface area contributed by atoms with Gasteiger partial charge in [0.15, 0.2) is 0 Å². The first-order chi connectivity index (χ1) is 14.8. The number of rotatable bonds is 5. The molecule has 0 spiro atoms. The summed E-state index contributed by atoms with van der Waals surface area (Å²) in [6.45, 7) is 0.789. The van der Waals surface area contributed by atoms with Crippen LogP contribution in [0.4, 0.5) is 13.2 Å². The summed E-state index contributed by atoms with van der Waals surface area (Å²) in [6.07, 6.45) is 2.70. The molecule has 7 heteroatoms. The van der Waals surface area contributed by atoms with Crippen molar-refractivity contribution in [1.29, 1.82) is 0 Å². The van der Waals surface area contributed by atoms with E-state index in [-0.39, 0.29) is 5.75 Å². The second kappa shape index (κ2) is 8.06. The lowest BCUT2D eigenvalue weighted by Crippen LogP contribution is -2.24. The number of benzene rings is 2. The van der Waals surface area contributed by atoms with Crippen LogP contribution in [0, 0.1) is 19.8 Å². The van der Waals surface area contributed by atoms with E-state index in [0.29, 0.717) is 29.8 Å². The molecular weight excluding hydrogens is 403 g/mol. The van der Waals surface area contributed by atoms with Gasteiger partial charge in [0, 0.05) is 18.2 Å². The van der Waals surface area contributed by atoms with E-state index in [4.69, 9.17) is 10.7 Å². The molecule has 31 heavy (non-hydrogen) atoms. The number of alkyl halides is 2. The first-order valence-corrected chi connectivity index (χ1v) is 9.92. The highest BCUT2D eigenvalue weighted by molar-refractivity contribution is 5.84. The summed E-state index contributed by atoms with van der Waals surface area (Å²) in [5.41, 5.74) is 9.67. The highest BCUT2D eigenvalue weighted by Crippen LogP contribution is 2.45. The Morgan fingerprint density at radius 1 is 1.10 bits per heavy atom. The van der Waals surface area contributed by atoms with Crippen LogP contribution in [0.2, 0.25) is 0 Å². The summed E-state index contributed by atoms with van der Waals surface area (Å²) < 4.78 is 44.2. The van der Waals surface area contributed by atoms with E-state index in [1.165, 1.54) is 12.3 Å². The molecule has 3 aromatic rings. The number of hydrogen-bond donors (Lipinski definition) is 1. The second-order valence-electron chi connectivity index (χ2n) is 7.75. The number of amidine groups is 1. The lowest BCUT2D eigenvalue weighted by molar-refractivity contribution is -0.0498. The average molecular weight is 425 g/mol. The molecule has 160 valence electrons. The largest absolute Gasteiger partial charge is 0.435 e. The molecule has 1 aliphatic heterocycles. The van der Waals surface area contributed by atoms with E-state index in [1.807, 2.05) is 38.1 Å². The number of nitrogens with zero attached hydrogens (tertiary/aromatic N) is 2. The number of halogens is 3. The van der Waals surface area contributed by atoms with Crippen molar-refractivity contribution in [2.45, 2.75) is 38.8 Å². The van der Waals surface area contributed by atoms with Gasteiger partial charge in [0.2, 0.25) is 5.95 Å². The predicted octanol–water partition coefficient (Wildman–Crippen LogP) is 5.50. The van der Waals surface area contributed by atoms with Crippen molar-refractivity contribution in [1.82, 2.24) is 4.98 Å². The van der Waals surface area contributed by atoms with Crippen LogP contribution in [0.15, 0.2) is 59.7 Å². The molecule has 2 N–H and O–H groups in total. The molecule has 1 aromatic heterocycles. The predicted molar refractivity (Wildman–Crippen MR) is 114 cm³/mol. The fourth-order valence-corrected chi connectivity index (χ4v) is 4.20. The summed E-state index contributed by atoms with van der Waals surface area (Å²) in [7, 11) is 0. The maximum atomic E-state index is 14.4. The zero-order chi connectivity index (χ0) is 22.2. The Balaban J connectivity index is 1.84. The normalized spacial score (nSPS) is 18.3. The van der Waals surface area contributed by atoms with Crippen LogP contribution in [0.3, 0.4) is 0 Å². The summed E-state index contributed by atoms with van der Waals surface area (Å²) in [5.74, 6) is 0.0556. The van der Waals surface area contributed by atoms with Gasteiger partial charge in [-0.25, -0.2) is 4.98 Å². The molecular formula is C24H22F3N3O. The molecule has 0 fully saturated rings. The Morgan fingerprint density at radius 3 is 2.58 bits per heavy atom. The van der Waals surface area contributed by atoms with Crippen molar-refractivity contribution in [3.8, 4) is 16.9 Å². The van der Waals surface area contributed by atoms with Gasteiger partial charge in [-0.3, -0.25) is 4.99 Å². The first kappa shape index (κ1) is 20.9. The van der Waals surface area contributed by atoms with Gasteiger partial charge in [-0.2, -0.15) is 13.2 Å². The molecule has 2 heterocycles. The van der Waals surface area contributed by atoms with Gasteiger partial charge in [0.1, 0.15) is 11.3 Å². The van der Waals surface area contributed by atoms with Crippen molar-refractivity contribution >= 4 is 5.84 Å². The second-order valence-corrected chi connectivity index (χ2v) is 7.75. The van der Waals surface area contributed by atoms with Crippen molar-refractivity contribution in [2.24, 2.45) is 10.7 Å². The van der Waals surface area contributed by atoms with Crippen molar-refractivity contribution in [3.63, 3.8) is 0 Å². The molecule has 1 atom stereocenters. The van der Waals surface area contributed by atoms with Crippen LogP contribution in [-0.2, 0) is 5.54 Å². The van der Waals surface area contributed by atoms with E-state index in [0.717, 1.165) is 22.3 Å². The minimum atomic E-state index is -2.89. The van der Waals surface area contributed by atoms with Crippen molar-refractivity contribution in [2.75, 3.05) is 0 Å². The molecule has 0 saturated carbocycles. The van der Waals surface area contributed by atoms with Crippen LogP contribution >= 0.6 is 0 Å². The lowest BCUT2D eigenvalue weighted by Gasteiger charge is -2.29. The van der Waals surface area contributed by atoms with Gasteiger partial charge in [-0.05, 0) is 72.4 Å². The Labute approximate surface area is 178 Å². The van der Waals surface area contributed by atoms with Gasteiger partial charge >= 0.3 is 6.61 Å². The highest BCUT2D eigenvalue weighted by Gasteiger charge is 2.39. The first-order valence-electron chi connectivity index (χ1n) is 9.92. The Kier molecular flexibility index (Phi) is 5.43. The van der Waals surface area contributed by atoms with E-state index < -0.39 is 18.1 Å². The van der Waals surface area contributed by atoms with Gasteiger partial charge < -0.3 is 10.5 Å². The number of nitrogens with two attached hydrogens (primary N) is 1. The molecule has 0 aliphatic carbocycles. The Bertz CT molecular complexity index is 1160. The molecule has 0 saturated heterocycles. The summed E-state index contributed by atoms with van der Waals surface area (Å²) >= 11 is 0. The Morgan fingerprint density at radius 2 is 1.90 bits per heavy atom. The molecule has 2 aromatic carbocycles. The zero-order valence-electron chi connectivity index (χ0n) is 17.2. The quantitative estimate of drug-likeness (QED) is 0.549. The van der Waals surface area contributed by atoms with E-state index in [9.17, 15) is 13.2 Å². The minimum absolute atomic E-state index is 0.0861. The lowest BCUT2D eigenvalue weighted by atomic mass is 9.78. The van der Waals surface area contributed by atoms with Crippen LogP contribution in [0.25, 0.3) is 11.1 Å². The number of aliphatic imine (C=N–C) groups is 1. The van der Waals surface area contributed by atoms with Crippen LogP contribution < -0.4 is 10.5 Å². The third kappa shape index (κ3) is 4.00. The Hall–Kier alpha value is -3.35. The maximum absolute atomic E-state index is 14.4. The van der Waals surface area contributed by atoms with E-state index in [1.54, 1.807) is 18.2 Å². The summed E-state index contributed by atoms with van der Waals surface area (Å²) in [5, 5.41) is 0. The van der Waals surface area contributed by atoms with Gasteiger partial charge in [-0.15, -0.1) is 0 Å². The topological polar surface area (TPSA) is 60.5 Å². The number of pyridine rings is 1. The average Bonchev–Trinajstić information content (AvgIpc) is 3.12. The summed E-state index contributed by atoms with van der Waals surface area (Å²) in [4.78, 5) is 8.61. The standard InChI is InChI=1S/C24H22F3N3O/c1-14-10-19(22(25)29-13-14)16-4-3-5-17(12-16)24(9-8-21(28)30-24)20-7-6-18(11-15(20)2)31-23(26)27/h3-7,10-13,23H,8-9H2,1-2H3,(H2,28,30). The van der Waals surface area contributed by atoms with Crippen LogP contribution in [0.1, 0.15) is 35.1 Å². The monoisotopic (exact) mass is 425 g/mol. The van der Waals surface area contributed by atoms with Crippen molar-refractivity contribution in [3.05, 3.63) is 82.9 Å². The van der Waals surface area contributed by atoms with Crippen molar-refractivity contribution < 1.29 is 17.9 Å². The molecule has 1 aliphatic rings. The minimum Gasteiger partial charge on any atom is -0.435 e. The van der Waals surface area contributed by atoms with Gasteiger partial charge in [0.05, 0.1) is 5.84 Å². The van der Waals surface area contributed by atoms with E-state index >= 15 is 0 Å². The highest BCUT2D eigenvalue weighted by atomic mass is 19.3. The molecule has 4 rings (SSSR count). The number of aryl methyl sites for hydroxylation is 2. The fraction of sp³-hybridized carbons (Fsp3) is 0.250. The molecule has 0 bridgehead atoms. The number of ether oxygens (including phenoxy) is 1. The smallest absolute Gasteiger partial charge is 0.387 e. The molecule has 0 radical (unpaired) electrons. The number of aromatic nitrogens is 1. The van der Waals surface area contributed by atoms with Gasteiger partial charge in [-0.1, -0.05) is 24.3 Å². The van der Waals surface area contributed by atoms with Crippen LogP contribution in [-0.4, -0.2) is 17.4 Å². The summed E-state index contributed by atoms with van der Waals surface area (Å²) in [6, 6.07) is 14.1. The SMILES string of the molecule is Cc1cnc(F)c(-c2cccc(C3(c4ccc(OC(F)F)cc4C)CCC(N)=N3)c2)c1. The fourth-order valence-electron chi connectivity index (χ4n) is 4.20. The third-order valence-corrected chi connectivity index (χ3v) is 5.57. The van der Waals surface area contributed by atoms with Crippen LogP contribution in [0.5, 0.6) is 5.75 Å². The molecule has 1 unspecified atom stereocenters. The molecule has 0 amide bonds. The zero-order valence-corrected chi connectivity index (χ0v) is 17.2. The van der Waals surface area contributed by atoms with E-state index in [2.05, 4.69) is 9.72 Å². The van der Waals surface area contributed by atoms with Gasteiger partial charge in [0.25, 0.3) is 0 Å².